The number of rotatable bonds is 4. The van der Waals surface area contributed by atoms with Crippen LogP contribution in [0.3, 0.4) is 0 Å². The minimum Gasteiger partial charge on any atom is -0.493 e. The predicted octanol–water partition coefficient (Wildman–Crippen LogP) is 3.64. The van der Waals surface area contributed by atoms with Gasteiger partial charge in [0.05, 0.1) is 12.7 Å². The Morgan fingerprint density at radius 1 is 1.35 bits per heavy atom. The van der Waals surface area contributed by atoms with E-state index in [1.54, 1.807) is 11.0 Å². The summed E-state index contributed by atoms with van der Waals surface area (Å²) >= 11 is 0. The van der Waals surface area contributed by atoms with E-state index >= 15 is 0 Å². The van der Waals surface area contributed by atoms with Crippen molar-refractivity contribution < 1.29 is 13.9 Å². The molecule has 1 saturated heterocycles. The highest BCUT2D eigenvalue weighted by Gasteiger charge is 2.33. The number of pyridine rings is 1. The Kier molecular flexibility index (Phi) is 5.40. The molecule has 2 heterocycles. The lowest BCUT2D eigenvalue weighted by Crippen LogP contribution is -2.52. The van der Waals surface area contributed by atoms with Crippen molar-refractivity contribution in [1.29, 1.82) is 0 Å². The number of likely N-dealkylation sites (tertiary alicyclic amines) is 1. The molecule has 0 aliphatic carbocycles. The third kappa shape index (κ3) is 3.64. The molecular formula is C20H24FN3O2. The first kappa shape index (κ1) is 18.2. The lowest BCUT2D eigenvalue weighted by Gasteiger charge is -2.40. The van der Waals surface area contributed by atoms with E-state index in [9.17, 15) is 9.18 Å². The van der Waals surface area contributed by atoms with E-state index in [0.717, 1.165) is 24.2 Å². The van der Waals surface area contributed by atoms with E-state index in [1.807, 2.05) is 32.2 Å². The standard InChI is InChI=1S/C20H24FN3O2/c1-13-9-10-18(22-12-13)23-17-8-5-11-24(14(17)2)20(25)15-6-4-7-16(21)19(15)26-3/h4,6-7,9-10,12,14,17H,5,8,11H2,1-3H3,(H,22,23). The number of halogens is 1. The van der Waals surface area contributed by atoms with E-state index in [1.165, 1.54) is 19.2 Å². The molecule has 2 aromatic rings. The van der Waals surface area contributed by atoms with Gasteiger partial charge in [-0.3, -0.25) is 4.79 Å². The molecule has 5 nitrogen and oxygen atoms in total. The summed E-state index contributed by atoms with van der Waals surface area (Å²) in [6.07, 6.45) is 3.63. The van der Waals surface area contributed by atoms with Gasteiger partial charge in [0.15, 0.2) is 11.6 Å². The Hall–Kier alpha value is -2.63. The van der Waals surface area contributed by atoms with Crippen molar-refractivity contribution in [2.24, 2.45) is 0 Å². The molecule has 1 N–H and O–H groups in total. The lowest BCUT2D eigenvalue weighted by molar-refractivity contribution is 0.0612. The summed E-state index contributed by atoms with van der Waals surface area (Å²) in [5.41, 5.74) is 1.36. The van der Waals surface area contributed by atoms with Crippen LogP contribution in [0.15, 0.2) is 36.5 Å². The molecule has 1 aromatic carbocycles. The van der Waals surface area contributed by atoms with Crippen LogP contribution in [-0.4, -0.2) is 41.5 Å². The zero-order valence-electron chi connectivity index (χ0n) is 15.3. The number of nitrogens with zero attached hydrogens (tertiary/aromatic N) is 2. The van der Waals surface area contributed by atoms with E-state index in [-0.39, 0.29) is 29.3 Å². The molecule has 1 aromatic heterocycles. The van der Waals surface area contributed by atoms with Crippen LogP contribution in [0.1, 0.15) is 35.7 Å². The number of piperidine rings is 1. The summed E-state index contributed by atoms with van der Waals surface area (Å²) < 4.78 is 19.1. The van der Waals surface area contributed by atoms with Crippen molar-refractivity contribution in [3.63, 3.8) is 0 Å². The first-order chi connectivity index (χ1) is 12.5. The molecule has 0 spiro atoms. The van der Waals surface area contributed by atoms with Crippen LogP contribution in [0.4, 0.5) is 10.2 Å². The van der Waals surface area contributed by atoms with Crippen LogP contribution in [0, 0.1) is 12.7 Å². The Labute approximate surface area is 153 Å². The van der Waals surface area contributed by atoms with Crippen molar-refractivity contribution in [2.75, 3.05) is 19.0 Å². The minimum absolute atomic E-state index is 0.0000149. The molecular weight excluding hydrogens is 333 g/mol. The summed E-state index contributed by atoms with van der Waals surface area (Å²) in [6.45, 7) is 4.64. The van der Waals surface area contributed by atoms with Crippen molar-refractivity contribution in [1.82, 2.24) is 9.88 Å². The maximum atomic E-state index is 14.0. The van der Waals surface area contributed by atoms with Crippen LogP contribution in [0.2, 0.25) is 0 Å². The fourth-order valence-electron chi connectivity index (χ4n) is 3.41. The van der Waals surface area contributed by atoms with Crippen LogP contribution < -0.4 is 10.1 Å². The summed E-state index contributed by atoms with van der Waals surface area (Å²) in [7, 11) is 1.38. The first-order valence-corrected chi connectivity index (χ1v) is 8.84. The molecule has 0 radical (unpaired) electrons. The lowest BCUT2D eigenvalue weighted by atomic mass is 9.96. The number of carbonyl (C=O) groups excluding carboxylic acids is 1. The average Bonchev–Trinajstić information content (AvgIpc) is 2.64. The second-order valence-corrected chi connectivity index (χ2v) is 6.67. The molecule has 138 valence electrons. The third-order valence-electron chi connectivity index (χ3n) is 4.90. The first-order valence-electron chi connectivity index (χ1n) is 8.84. The van der Waals surface area contributed by atoms with Crippen molar-refractivity contribution in [2.45, 2.75) is 38.8 Å². The summed E-state index contributed by atoms with van der Waals surface area (Å²) in [5, 5.41) is 3.42. The van der Waals surface area contributed by atoms with E-state index < -0.39 is 5.82 Å². The largest absolute Gasteiger partial charge is 0.493 e. The zero-order valence-corrected chi connectivity index (χ0v) is 15.3. The Balaban J connectivity index is 1.79. The Morgan fingerprint density at radius 2 is 2.15 bits per heavy atom. The smallest absolute Gasteiger partial charge is 0.258 e. The van der Waals surface area contributed by atoms with Gasteiger partial charge in [0.25, 0.3) is 5.91 Å². The van der Waals surface area contributed by atoms with Gasteiger partial charge in [0.1, 0.15) is 5.82 Å². The monoisotopic (exact) mass is 357 g/mol. The summed E-state index contributed by atoms with van der Waals surface area (Å²) in [5.74, 6) is 0.0591. The number of hydrogen-bond donors (Lipinski definition) is 1. The predicted molar refractivity (Wildman–Crippen MR) is 99.1 cm³/mol. The molecule has 26 heavy (non-hydrogen) atoms. The van der Waals surface area contributed by atoms with Crippen LogP contribution >= 0.6 is 0 Å². The van der Waals surface area contributed by atoms with Crippen molar-refractivity contribution in [3.8, 4) is 5.75 Å². The van der Waals surface area contributed by atoms with Gasteiger partial charge in [-0.1, -0.05) is 12.1 Å². The number of aryl methyl sites for hydroxylation is 1. The van der Waals surface area contributed by atoms with Crippen LogP contribution in [-0.2, 0) is 0 Å². The molecule has 1 amide bonds. The number of para-hydroxylation sites is 1. The normalized spacial score (nSPS) is 19.9. The highest BCUT2D eigenvalue weighted by molar-refractivity contribution is 5.97. The molecule has 2 atom stereocenters. The third-order valence-corrected chi connectivity index (χ3v) is 4.90. The van der Waals surface area contributed by atoms with Gasteiger partial charge in [-0.25, -0.2) is 9.37 Å². The summed E-state index contributed by atoms with van der Waals surface area (Å²) in [4.78, 5) is 19.2. The fourth-order valence-corrected chi connectivity index (χ4v) is 3.41. The van der Waals surface area contributed by atoms with Gasteiger partial charge in [-0.05, 0) is 50.5 Å². The Bertz CT molecular complexity index is 779. The van der Waals surface area contributed by atoms with E-state index in [0.29, 0.717) is 6.54 Å². The second kappa shape index (κ2) is 7.72. The van der Waals surface area contributed by atoms with Crippen molar-refractivity contribution in [3.05, 3.63) is 53.5 Å². The molecule has 3 rings (SSSR count). The quantitative estimate of drug-likeness (QED) is 0.908. The number of hydrogen-bond acceptors (Lipinski definition) is 4. The van der Waals surface area contributed by atoms with Crippen molar-refractivity contribution >= 4 is 11.7 Å². The van der Waals surface area contributed by atoms with Gasteiger partial charge in [0, 0.05) is 24.8 Å². The maximum Gasteiger partial charge on any atom is 0.258 e. The zero-order chi connectivity index (χ0) is 18.7. The SMILES string of the molecule is COc1c(F)cccc1C(=O)N1CCCC(Nc2ccc(C)cn2)C1C. The molecule has 2 unspecified atom stereocenters. The number of ether oxygens (including phenoxy) is 1. The summed E-state index contributed by atoms with van der Waals surface area (Å²) in [6, 6.07) is 8.42. The average molecular weight is 357 g/mol. The maximum absolute atomic E-state index is 14.0. The molecule has 1 fully saturated rings. The molecule has 0 saturated carbocycles. The molecule has 1 aliphatic rings. The van der Waals surface area contributed by atoms with Crippen LogP contribution in [0.25, 0.3) is 0 Å². The molecule has 0 bridgehead atoms. The second-order valence-electron chi connectivity index (χ2n) is 6.67. The van der Waals surface area contributed by atoms with E-state index in [4.69, 9.17) is 4.74 Å². The van der Waals surface area contributed by atoms with Gasteiger partial charge < -0.3 is 15.0 Å². The number of aromatic nitrogens is 1. The highest BCUT2D eigenvalue weighted by atomic mass is 19.1. The molecule has 1 aliphatic heterocycles. The number of amides is 1. The molecule has 6 heteroatoms. The van der Waals surface area contributed by atoms with Gasteiger partial charge >= 0.3 is 0 Å². The van der Waals surface area contributed by atoms with Gasteiger partial charge in [-0.15, -0.1) is 0 Å². The van der Waals surface area contributed by atoms with Gasteiger partial charge in [0.2, 0.25) is 0 Å². The van der Waals surface area contributed by atoms with E-state index in [2.05, 4.69) is 10.3 Å². The number of nitrogens with one attached hydrogen (secondary N) is 1. The Morgan fingerprint density at radius 3 is 2.85 bits per heavy atom. The number of methoxy groups -OCH3 is 1. The minimum atomic E-state index is -0.526. The number of carbonyl (C=O) groups is 1. The van der Waals surface area contributed by atoms with Crippen LogP contribution in [0.5, 0.6) is 5.75 Å². The number of anilines is 1. The van der Waals surface area contributed by atoms with Gasteiger partial charge in [-0.2, -0.15) is 0 Å². The topological polar surface area (TPSA) is 54.5 Å². The number of benzene rings is 1. The fraction of sp³-hybridized carbons (Fsp3) is 0.400. The highest BCUT2D eigenvalue weighted by Crippen LogP contribution is 2.28.